The Labute approximate surface area is 177 Å². The molecule has 0 aliphatic heterocycles. The Kier molecular flexibility index (Phi) is 6.65. The summed E-state index contributed by atoms with van der Waals surface area (Å²) >= 11 is 0. The lowest BCUT2D eigenvalue weighted by molar-refractivity contribution is -0.137. The van der Waals surface area contributed by atoms with Gasteiger partial charge in [-0.1, -0.05) is 36.4 Å². The molecule has 0 saturated heterocycles. The van der Waals surface area contributed by atoms with Gasteiger partial charge in [-0.25, -0.2) is 0 Å². The zero-order valence-corrected chi connectivity index (χ0v) is 16.6. The van der Waals surface area contributed by atoms with Crippen LogP contribution in [0.1, 0.15) is 32.6 Å². The van der Waals surface area contributed by atoms with Crippen LogP contribution in [0.5, 0.6) is 0 Å². The summed E-state index contributed by atoms with van der Waals surface area (Å²) in [6.45, 7) is 1.78. The van der Waals surface area contributed by atoms with Crippen molar-refractivity contribution in [3.63, 3.8) is 0 Å². The van der Waals surface area contributed by atoms with Crippen LogP contribution in [-0.2, 0) is 17.4 Å². The van der Waals surface area contributed by atoms with E-state index in [4.69, 9.17) is 0 Å². The Morgan fingerprint density at radius 3 is 2.58 bits per heavy atom. The number of benzene rings is 2. The zero-order valence-electron chi connectivity index (χ0n) is 16.6. The third kappa shape index (κ3) is 6.12. The van der Waals surface area contributed by atoms with Crippen molar-refractivity contribution in [3.8, 4) is 0 Å². The molecular weight excluding hydrogens is 405 g/mol. The van der Waals surface area contributed by atoms with E-state index >= 15 is 0 Å². The van der Waals surface area contributed by atoms with Gasteiger partial charge in [-0.2, -0.15) is 13.2 Å². The molecule has 158 valence electrons. The molecule has 1 amide bonds. The smallest absolute Gasteiger partial charge is 0.322 e. The second kappa shape index (κ2) is 9.38. The topological polar surface area (TPSA) is 59.1 Å². The first-order chi connectivity index (χ1) is 14.7. The first kappa shape index (κ1) is 22.0. The minimum atomic E-state index is -4.47. The number of halogens is 3. The lowest BCUT2D eigenvalue weighted by Gasteiger charge is -2.10. The molecule has 3 aromatic rings. The minimum Gasteiger partial charge on any atom is -0.322 e. The monoisotopic (exact) mass is 424 g/mol. The number of anilines is 1. The van der Waals surface area contributed by atoms with E-state index in [2.05, 4.69) is 10.3 Å². The molecule has 2 aromatic carbocycles. The predicted octanol–water partition coefficient (Wildman–Crippen LogP) is 5.49. The maximum atomic E-state index is 12.9. The van der Waals surface area contributed by atoms with Crippen LogP contribution in [-0.4, -0.2) is 16.7 Å². The first-order valence-corrected chi connectivity index (χ1v) is 9.41. The summed E-state index contributed by atoms with van der Waals surface area (Å²) in [5, 5.41) is 2.72. The minimum absolute atomic E-state index is 0.179. The molecule has 0 radical (unpaired) electrons. The number of carbonyl (C=O) groups excluding carboxylic acids is 2. The Morgan fingerprint density at radius 1 is 1.06 bits per heavy atom. The first-order valence-electron chi connectivity index (χ1n) is 9.41. The Bertz CT molecular complexity index is 1120. The van der Waals surface area contributed by atoms with Crippen LogP contribution in [0.4, 0.5) is 18.9 Å². The summed E-state index contributed by atoms with van der Waals surface area (Å²) in [6, 6.07) is 13.0. The van der Waals surface area contributed by atoms with Crippen molar-refractivity contribution in [3.05, 3.63) is 101 Å². The van der Waals surface area contributed by atoms with Gasteiger partial charge >= 0.3 is 6.18 Å². The van der Waals surface area contributed by atoms with Gasteiger partial charge in [0.25, 0.3) is 0 Å². The van der Waals surface area contributed by atoms with E-state index in [0.717, 1.165) is 23.3 Å². The normalized spacial score (nSPS) is 11.5. The number of amides is 1. The van der Waals surface area contributed by atoms with Crippen molar-refractivity contribution in [1.82, 2.24) is 4.98 Å². The number of pyridine rings is 1. The fourth-order valence-electron chi connectivity index (χ4n) is 2.90. The third-order valence-corrected chi connectivity index (χ3v) is 4.55. The van der Waals surface area contributed by atoms with Gasteiger partial charge < -0.3 is 5.32 Å². The quantitative estimate of drug-likeness (QED) is 0.421. The van der Waals surface area contributed by atoms with Crippen molar-refractivity contribution < 1.29 is 22.8 Å². The van der Waals surface area contributed by atoms with E-state index < -0.39 is 11.7 Å². The highest BCUT2D eigenvalue weighted by atomic mass is 19.4. The van der Waals surface area contributed by atoms with Crippen LogP contribution in [0.15, 0.2) is 73.1 Å². The van der Waals surface area contributed by atoms with Gasteiger partial charge in [-0.3, -0.25) is 14.6 Å². The van der Waals surface area contributed by atoms with Crippen LogP contribution in [0.3, 0.4) is 0 Å². The van der Waals surface area contributed by atoms with Crippen LogP contribution in [0.25, 0.3) is 6.08 Å². The molecule has 0 unspecified atom stereocenters. The molecule has 0 bridgehead atoms. The number of Topliss-reactive ketones (excluding diaryl/α,β-unsaturated/α-hetero) is 1. The van der Waals surface area contributed by atoms with E-state index in [1.54, 1.807) is 49.7 Å². The number of alkyl halides is 3. The molecule has 0 spiro atoms. The van der Waals surface area contributed by atoms with Gasteiger partial charge in [0.05, 0.1) is 5.56 Å². The molecule has 1 aromatic heterocycles. The van der Waals surface area contributed by atoms with Crippen molar-refractivity contribution in [2.75, 3.05) is 5.32 Å². The van der Waals surface area contributed by atoms with Crippen molar-refractivity contribution in [2.24, 2.45) is 0 Å². The SMILES string of the molecule is Cc1ccc(C(=O)Cc2cccc(C(F)(F)F)c2)cc1NC(=O)/C=C/c1cccnc1. The molecule has 3 rings (SSSR count). The van der Waals surface area contributed by atoms with Gasteiger partial charge in [-0.15, -0.1) is 0 Å². The molecule has 0 aliphatic carbocycles. The van der Waals surface area contributed by atoms with Gasteiger partial charge in [0.2, 0.25) is 5.91 Å². The molecule has 31 heavy (non-hydrogen) atoms. The summed E-state index contributed by atoms with van der Waals surface area (Å²) in [7, 11) is 0. The van der Waals surface area contributed by atoms with Gasteiger partial charge in [-0.05, 0) is 47.9 Å². The molecule has 1 N–H and O–H groups in total. The van der Waals surface area contributed by atoms with Gasteiger partial charge in [0, 0.05) is 36.1 Å². The summed E-state index contributed by atoms with van der Waals surface area (Å²) in [5.41, 5.74) is 1.74. The van der Waals surface area contributed by atoms with Crippen molar-refractivity contribution in [1.29, 1.82) is 0 Å². The Morgan fingerprint density at radius 2 is 1.87 bits per heavy atom. The molecule has 0 atom stereocenters. The third-order valence-electron chi connectivity index (χ3n) is 4.55. The number of nitrogens with one attached hydrogen (secondary N) is 1. The number of carbonyl (C=O) groups is 2. The number of nitrogens with zero attached hydrogens (tertiary/aromatic N) is 1. The maximum absolute atomic E-state index is 12.9. The molecule has 4 nitrogen and oxygen atoms in total. The predicted molar refractivity (Wildman–Crippen MR) is 113 cm³/mol. The lowest BCUT2D eigenvalue weighted by Crippen LogP contribution is -2.11. The van der Waals surface area contributed by atoms with E-state index in [-0.39, 0.29) is 23.7 Å². The van der Waals surface area contributed by atoms with Gasteiger partial charge in [0.1, 0.15) is 0 Å². The van der Waals surface area contributed by atoms with Crippen LogP contribution >= 0.6 is 0 Å². The van der Waals surface area contributed by atoms with E-state index in [1.807, 2.05) is 0 Å². The number of aromatic nitrogens is 1. The summed E-state index contributed by atoms with van der Waals surface area (Å²) in [6.07, 6.45) is 1.56. The second-order valence-electron chi connectivity index (χ2n) is 6.94. The largest absolute Gasteiger partial charge is 0.416 e. The molecule has 0 saturated carbocycles. The Hall–Kier alpha value is -3.74. The summed E-state index contributed by atoms with van der Waals surface area (Å²) in [5.74, 6) is -0.727. The lowest BCUT2D eigenvalue weighted by atomic mass is 9.99. The van der Waals surface area contributed by atoms with Gasteiger partial charge in [0.15, 0.2) is 5.78 Å². The van der Waals surface area contributed by atoms with Crippen LogP contribution < -0.4 is 5.32 Å². The molecule has 0 aliphatic rings. The standard InChI is InChI=1S/C24H19F3N2O2/c1-16-7-9-19(22(30)13-18-4-2-6-20(12-18)24(25,26)27)14-21(16)29-23(31)10-8-17-5-3-11-28-15-17/h2-12,14-15H,13H2,1H3,(H,29,31)/b10-8+. The fraction of sp³-hybridized carbons (Fsp3) is 0.125. The summed E-state index contributed by atoms with van der Waals surface area (Å²) < 4.78 is 38.7. The average molecular weight is 424 g/mol. The number of aryl methyl sites for hydroxylation is 1. The number of hydrogen-bond donors (Lipinski definition) is 1. The molecule has 0 fully saturated rings. The van der Waals surface area contributed by atoms with Crippen molar-refractivity contribution in [2.45, 2.75) is 19.5 Å². The number of rotatable bonds is 6. The number of ketones is 1. The van der Waals surface area contributed by atoms with E-state index in [1.165, 1.54) is 24.3 Å². The van der Waals surface area contributed by atoms with E-state index in [9.17, 15) is 22.8 Å². The van der Waals surface area contributed by atoms with Crippen LogP contribution in [0.2, 0.25) is 0 Å². The Balaban J connectivity index is 1.72. The zero-order chi connectivity index (χ0) is 22.4. The highest BCUT2D eigenvalue weighted by Crippen LogP contribution is 2.30. The molecular formula is C24H19F3N2O2. The highest BCUT2D eigenvalue weighted by Gasteiger charge is 2.30. The number of hydrogen-bond acceptors (Lipinski definition) is 3. The second-order valence-corrected chi connectivity index (χ2v) is 6.94. The summed E-state index contributed by atoms with van der Waals surface area (Å²) in [4.78, 5) is 28.8. The molecule has 7 heteroatoms. The van der Waals surface area contributed by atoms with Crippen LogP contribution in [0, 0.1) is 6.92 Å². The van der Waals surface area contributed by atoms with Crippen molar-refractivity contribution >= 4 is 23.5 Å². The van der Waals surface area contributed by atoms with E-state index in [0.29, 0.717) is 11.3 Å². The fourth-order valence-corrected chi connectivity index (χ4v) is 2.90. The maximum Gasteiger partial charge on any atom is 0.416 e. The molecule has 1 heterocycles. The average Bonchev–Trinajstić information content (AvgIpc) is 2.74. The highest BCUT2D eigenvalue weighted by molar-refractivity contribution is 6.04.